The van der Waals surface area contributed by atoms with Crippen molar-refractivity contribution in [3.8, 4) is 0 Å². The molecule has 0 aromatic heterocycles. The number of amides is 4. The first-order chi connectivity index (χ1) is 32.9. The van der Waals surface area contributed by atoms with Crippen molar-refractivity contribution in [1.82, 2.24) is 16.0 Å². The molecule has 0 saturated heterocycles. The Morgan fingerprint density at radius 3 is 1.38 bits per heavy atom. The number of nitrogens with two attached hydrogens (primary N) is 1. The SMILES string of the molecule is CCCCCCCCCCCCCCCCCC(=O)NCCOCCOCC(=O)CCCOC.CCCOCC(=O)NCCOCCOCC(=O)NCCCC[C@H](C)C(C)=O.C[C@@H](CO)C(N)=O. The summed E-state index contributed by atoms with van der Waals surface area (Å²) in [6.07, 6.45) is 25.3. The van der Waals surface area contributed by atoms with Gasteiger partial charge < -0.3 is 55.2 Å². The summed E-state index contributed by atoms with van der Waals surface area (Å²) in [6, 6.07) is 0. The van der Waals surface area contributed by atoms with E-state index in [1.54, 1.807) is 21.0 Å². The van der Waals surface area contributed by atoms with Crippen molar-refractivity contribution in [2.45, 2.75) is 176 Å². The van der Waals surface area contributed by atoms with E-state index in [4.69, 9.17) is 39.3 Å². The summed E-state index contributed by atoms with van der Waals surface area (Å²) in [6.45, 7) is 14.4. The number of carbonyl (C=O) groups is 6. The summed E-state index contributed by atoms with van der Waals surface area (Å²) in [5.41, 5.74) is 4.75. The lowest BCUT2D eigenvalue weighted by molar-refractivity contribution is -0.127. The van der Waals surface area contributed by atoms with Gasteiger partial charge in [0.05, 0.1) is 52.2 Å². The molecule has 6 N–H and O–H groups in total. The number of unbranched alkanes of at least 4 members (excludes halogenated alkanes) is 15. The molecule has 0 fully saturated rings. The first kappa shape index (κ1) is 69.2. The fourth-order valence-electron chi connectivity index (χ4n) is 6.05. The Hall–Kier alpha value is -3.06. The number of ketones is 2. The van der Waals surface area contributed by atoms with Gasteiger partial charge in [0, 0.05) is 58.7 Å². The Balaban J connectivity index is -0.00000111. The van der Waals surface area contributed by atoms with Crippen molar-refractivity contribution in [2.24, 2.45) is 17.6 Å². The molecule has 0 unspecified atom stereocenters. The zero-order chi connectivity index (χ0) is 51.1. The highest BCUT2D eigenvalue weighted by Gasteiger charge is 2.08. The molecule has 402 valence electrons. The maximum atomic E-state index is 11.9. The molecule has 0 spiro atoms. The molecule has 0 radical (unpaired) electrons. The van der Waals surface area contributed by atoms with Crippen LogP contribution in [0.5, 0.6) is 0 Å². The van der Waals surface area contributed by atoms with E-state index < -0.39 is 11.8 Å². The van der Waals surface area contributed by atoms with Gasteiger partial charge in [-0.1, -0.05) is 124 Å². The third-order valence-electron chi connectivity index (χ3n) is 10.6. The highest BCUT2D eigenvalue weighted by atomic mass is 16.5. The summed E-state index contributed by atoms with van der Waals surface area (Å²) < 4.78 is 31.3. The topological polar surface area (TPSA) is 240 Å². The van der Waals surface area contributed by atoms with Crippen molar-refractivity contribution >= 4 is 35.2 Å². The predicted molar refractivity (Wildman–Crippen MR) is 268 cm³/mol. The van der Waals surface area contributed by atoms with Crippen molar-refractivity contribution < 1.29 is 62.3 Å². The van der Waals surface area contributed by atoms with Crippen molar-refractivity contribution in [3.05, 3.63) is 0 Å². The van der Waals surface area contributed by atoms with E-state index >= 15 is 0 Å². The van der Waals surface area contributed by atoms with E-state index in [0.717, 1.165) is 44.9 Å². The van der Waals surface area contributed by atoms with Crippen molar-refractivity contribution in [3.63, 3.8) is 0 Å². The molecule has 68 heavy (non-hydrogen) atoms. The third kappa shape index (κ3) is 59.1. The second kappa shape index (κ2) is 56.5. The Labute approximate surface area is 411 Å². The van der Waals surface area contributed by atoms with E-state index in [1.807, 2.05) is 13.8 Å². The molecule has 0 aliphatic carbocycles. The van der Waals surface area contributed by atoms with Gasteiger partial charge in [-0.2, -0.15) is 0 Å². The average Bonchev–Trinajstić information content (AvgIpc) is 3.31. The second-order valence-electron chi connectivity index (χ2n) is 17.3. The van der Waals surface area contributed by atoms with Crippen molar-refractivity contribution in [2.75, 3.05) is 106 Å². The van der Waals surface area contributed by atoms with Gasteiger partial charge in [0.1, 0.15) is 25.6 Å². The highest BCUT2D eigenvalue weighted by molar-refractivity contribution is 5.79. The molecule has 0 rings (SSSR count). The van der Waals surface area contributed by atoms with E-state index in [2.05, 4.69) is 22.9 Å². The summed E-state index contributed by atoms with van der Waals surface area (Å²) in [7, 11) is 1.63. The van der Waals surface area contributed by atoms with Gasteiger partial charge in [0.25, 0.3) is 0 Å². The molecule has 0 saturated carbocycles. The number of aliphatic hydroxyl groups is 1. The van der Waals surface area contributed by atoms with Crippen LogP contribution in [-0.4, -0.2) is 146 Å². The molecule has 0 aliphatic rings. The Kier molecular flexibility index (Phi) is 57.5. The number of methoxy groups -OCH3 is 1. The molecule has 0 bridgehead atoms. The van der Waals surface area contributed by atoms with Gasteiger partial charge in [-0.3, -0.25) is 28.8 Å². The number of primary amides is 1. The lowest BCUT2D eigenvalue weighted by Gasteiger charge is -2.09. The largest absolute Gasteiger partial charge is 0.396 e. The summed E-state index contributed by atoms with van der Waals surface area (Å²) >= 11 is 0. The smallest absolute Gasteiger partial charge is 0.246 e. The highest BCUT2D eigenvalue weighted by Crippen LogP contribution is 2.14. The van der Waals surface area contributed by atoms with Gasteiger partial charge in [-0.05, 0) is 39.0 Å². The number of Topliss-reactive ketones (excluding diaryl/α,β-unsaturated/α-hetero) is 2. The lowest BCUT2D eigenvalue weighted by Crippen LogP contribution is -2.31. The van der Waals surface area contributed by atoms with Gasteiger partial charge in [0.15, 0.2) is 5.78 Å². The van der Waals surface area contributed by atoms with E-state index in [9.17, 15) is 28.8 Å². The number of nitrogens with one attached hydrogen (secondary N) is 3. The fraction of sp³-hybridized carbons (Fsp3) is 0.882. The number of hydrogen-bond donors (Lipinski definition) is 5. The molecule has 0 aromatic rings. The first-order valence-corrected chi connectivity index (χ1v) is 26.0. The van der Waals surface area contributed by atoms with E-state index in [-0.39, 0.29) is 61.6 Å². The Morgan fingerprint density at radius 1 is 0.471 bits per heavy atom. The zero-order valence-electron chi connectivity index (χ0n) is 43.7. The maximum Gasteiger partial charge on any atom is 0.246 e. The van der Waals surface area contributed by atoms with Crippen molar-refractivity contribution in [1.29, 1.82) is 0 Å². The third-order valence-corrected chi connectivity index (χ3v) is 10.6. The summed E-state index contributed by atoms with van der Waals surface area (Å²) in [5.74, 6) is -0.684. The minimum Gasteiger partial charge on any atom is -0.396 e. The van der Waals surface area contributed by atoms with Crippen LogP contribution in [0.25, 0.3) is 0 Å². The maximum absolute atomic E-state index is 11.9. The van der Waals surface area contributed by atoms with Crippen LogP contribution < -0.4 is 21.7 Å². The molecule has 17 heteroatoms. The van der Waals surface area contributed by atoms with Crippen LogP contribution in [0.2, 0.25) is 0 Å². The molecule has 17 nitrogen and oxygen atoms in total. The molecule has 0 aliphatic heterocycles. The molecule has 0 aromatic carbocycles. The number of ether oxygens (including phenoxy) is 6. The van der Waals surface area contributed by atoms with E-state index in [0.29, 0.717) is 85.3 Å². The number of hydrogen-bond acceptors (Lipinski definition) is 13. The van der Waals surface area contributed by atoms with Crippen LogP contribution in [0.3, 0.4) is 0 Å². The lowest BCUT2D eigenvalue weighted by atomic mass is 10.0. The van der Waals surface area contributed by atoms with Gasteiger partial charge >= 0.3 is 0 Å². The minimum atomic E-state index is -0.456. The van der Waals surface area contributed by atoms with Crippen LogP contribution in [0.1, 0.15) is 176 Å². The summed E-state index contributed by atoms with van der Waals surface area (Å²) in [4.78, 5) is 67.4. The first-order valence-electron chi connectivity index (χ1n) is 26.0. The predicted octanol–water partition coefficient (Wildman–Crippen LogP) is 6.57. The molecule has 0 heterocycles. The molecular formula is C51H100N4O13. The number of carbonyl (C=O) groups excluding carboxylic acids is 6. The van der Waals surface area contributed by atoms with Crippen LogP contribution in [0.15, 0.2) is 0 Å². The van der Waals surface area contributed by atoms with Crippen LogP contribution in [0, 0.1) is 11.8 Å². The summed E-state index contributed by atoms with van der Waals surface area (Å²) in [5, 5.41) is 16.6. The molecule has 4 amide bonds. The average molecular weight is 977 g/mol. The Morgan fingerprint density at radius 2 is 0.926 bits per heavy atom. The fourth-order valence-corrected chi connectivity index (χ4v) is 6.05. The van der Waals surface area contributed by atoms with Gasteiger partial charge in [-0.15, -0.1) is 0 Å². The number of aliphatic hydroxyl groups excluding tert-OH is 1. The van der Waals surface area contributed by atoms with Crippen LogP contribution in [0.4, 0.5) is 0 Å². The van der Waals surface area contributed by atoms with Gasteiger partial charge in [0.2, 0.25) is 23.6 Å². The number of rotatable bonds is 48. The minimum absolute atomic E-state index is 0.00128. The standard InChI is InChI=1S/C28H55NO5.C19H36N2O6.C4H9NO2/c1-3-4-5-6-7-8-9-10-11-12-13-14-15-16-17-20-28(31)29-21-23-33-24-25-34-26-27(30)19-18-22-32-2;1-4-10-26-14-19(24)21-9-11-25-12-13-27-15-18(23)20-8-6-5-7-16(2)17(3)22;1-3(2-6)4(5)7/h3-26H2,1-2H3,(H,29,31);16H,4-15H2,1-3H3,(H,20,23)(H,21,24);3,6H,2H2,1H3,(H2,5,7)/t;16-;3-/m.00/s1. The monoisotopic (exact) mass is 977 g/mol. The van der Waals surface area contributed by atoms with Crippen LogP contribution >= 0.6 is 0 Å². The molecule has 2 atom stereocenters. The quantitative estimate of drug-likeness (QED) is 0.0406. The zero-order valence-corrected chi connectivity index (χ0v) is 43.7. The van der Waals surface area contributed by atoms with E-state index in [1.165, 1.54) is 83.5 Å². The van der Waals surface area contributed by atoms with Crippen LogP contribution in [-0.2, 0) is 57.2 Å². The van der Waals surface area contributed by atoms with Gasteiger partial charge in [-0.25, -0.2) is 0 Å². The molecular weight excluding hydrogens is 877 g/mol. The normalized spacial score (nSPS) is 11.6. The Bertz CT molecular complexity index is 1180. The second-order valence-corrected chi connectivity index (χ2v) is 17.3.